The summed E-state index contributed by atoms with van der Waals surface area (Å²) in [6, 6.07) is 7.06. The Bertz CT molecular complexity index is 645. The van der Waals surface area contributed by atoms with Gasteiger partial charge >= 0.3 is 6.03 Å². The molecule has 7 heteroatoms. The molecule has 0 fully saturated rings. The van der Waals surface area contributed by atoms with E-state index in [0.717, 1.165) is 0 Å². The molecular weight excluding hydrogens is 319 g/mol. The summed E-state index contributed by atoms with van der Waals surface area (Å²) in [4.78, 5) is 12.0. The molecule has 2 aromatic rings. The molecule has 0 saturated heterocycles. The van der Waals surface area contributed by atoms with Gasteiger partial charge < -0.3 is 20.2 Å². The van der Waals surface area contributed by atoms with E-state index in [0.29, 0.717) is 11.3 Å². The van der Waals surface area contributed by atoms with Gasteiger partial charge in [-0.1, -0.05) is 0 Å². The number of halogens is 1. The minimum atomic E-state index is -0.535. The first-order chi connectivity index (χ1) is 11.0. The van der Waals surface area contributed by atoms with Gasteiger partial charge in [-0.05, 0) is 43.5 Å². The number of aliphatic hydroxyl groups is 1. The van der Waals surface area contributed by atoms with Crippen molar-refractivity contribution in [1.82, 2.24) is 5.32 Å². The fourth-order valence-corrected chi connectivity index (χ4v) is 2.74. The van der Waals surface area contributed by atoms with Gasteiger partial charge in [-0.2, -0.15) is 11.8 Å². The Morgan fingerprint density at radius 2 is 2.22 bits per heavy atom. The lowest BCUT2D eigenvalue weighted by atomic mass is 10.1. The van der Waals surface area contributed by atoms with Crippen LogP contribution in [0.2, 0.25) is 0 Å². The molecule has 2 amide bonds. The molecule has 2 unspecified atom stereocenters. The zero-order valence-corrected chi connectivity index (χ0v) is 13.7. The number of aliphatic hydroxyl groups excluding tert-OH is 1. The predicted octanol–water partition coefficient (Wildman–Crippen LogP) is 3.32. The van der Waals surface area contributed by atoms with Crippen molar-refractivity contribution in [3.63, 3.8) is 0 Å². The second-order valence-corrected chi connectivity index (χ2v) is 6.09. The van der Waals surface area contributed by atoms with E-state index in [1.54, 1.807) is 25.1 Å². The van der Waals surface area contributed by atoms with Crippen molar-refractivity contribution in [1.29, 1.82) is 0 Å². The fourth-order valence-electron chi connectivity index (χ4n) is 2.11. The molecule has 1 heterocycles. The predicted molar refractivity (Wildman–Crippen MR) is 90.1 cm³/mol. The van der Waals surface area contributed by atoms with Crippen LogP contribution >= 0.6 is 11.8 Å². The van der Waals surface area contributed by atoms with Gasteiger partial charge in [0.2, 0.25) is 0 Å². The summed E-state index contributed by atoms with van der Waals surface area (Å²) in [7, 11) is 0. The third-order valence-corrected chi connectivity index (χ3v) is 4.58. The number of hydrogen-bond donors (Lipinski definition) is 3. The van der Waals surface area contributed by atoms with Crippen LogP contribution in [0.25, 0.3) is 11.3 Å². The second-order valence-electron chi connectivity index (χ2n) is 5.02. The summed E-state index contributed by atoms with van der Waals surface area (Å²) >= 11 is 1.45. The molecule has 3 N–H and O–H groups in total. The van der Waals surface area contributed by atoms with Crippen molar-refractivity contribution in [2.75, 3.05) is 18.2 Å². The molecule has 23 heavy (non-hydrogen) atoms. The highest BCUT2D eigenvalue weighted by molar-refractivity contribution is 7.99. The minimum absolute atomic E-state index is 0.0506. The first-order valence-corrected chi connectivity index (χ1v) is 8.38. The van der Waals surface area contributed by atoms with Crippen LogP contribution in [0.4, 0.5) is 14.9 Å². The lowest BCUT2D eigenvalue weighted by Crippen LogP contribution is -2.43. The molecule has 0 saturated carbocycles. The maximum atomic E-state index is 13.9. The van der Waals surface area contributed by atoms with E-state index in [9.17, 15) is 14.3 Å². The topological polar surface area (TPSA) is 74.5 Å². The summed E-state index contributed by atoms with van der Waals surface area (Å²) in [5.74, 6) is 0.0521. The molecule has 0 aliphatic carbocycles. The number of anilines is 1. The van der Waals surface area contributed by atoms with Gasteiger partial charge in [-0.25, -0.2) is 9.18 Å². The first kappa shape index (κ1) is 17.4. The van der Waals surface area contributed by atoms with Gasteiger partial charge in [0.15, 0.2) is 0 Å². The average Bonchev–Trinajstić information content (AvgIpc) is 3.05. The number of urea groups is 1. The van der Waals surface area contributed by atoms with Gasteiger partial charge in [-0.3, -0.25) is 0 Å². The summed E-state index contributed by atoms with van der Waals surface area (Å²) in [6.45, 7) is 1.73. The minimum Gasteiger partial charge on any atom is -0.464 e. The van der Waals surface area contributed by atoms with Crippen LogP contribution in [0.15, 0.2) is 41.0 Å². The number of rotatable bonds is 6. The summed E-state index contributed by atoms with van der Waals surface area (Å²) in [5, 5.41) is 14.3. The van der Waals surface area contributed by atoms with E-state index < -0.39 is 11.8 Å². The van der Waals surface area contributed by atoms with Crippen molar-refractivity contribution < 1.29 is 18.7 Å². The summed E-state index contributed by atoms with van der Waals surface area (Å²) in [6.07, 6.45) is 3.38. The standard InChI is InChI=1S/C16H19FN2O3S/c1-10(15(9-20)23-2)18-16(21)19-13-8-11(5-6-12(13)17)14-4-3-7-22-14/h3-8,10,15,20H,9H2,1-2H3,(H2,18,19,21). The molecule has 2 atom stereocenters. The number of nitrogens with one attached hydrogen (secondary N) is 2. The Morgan fingerprint density at radius 3 is 2.83 bits per heavy atom. The Balaban J connectivity index is 2.07. The normalized spacial score (nSPS) is 13.4. The molecule has 0 bridgehead atoms. The van der Waals surface area contributed by atoms with Gasteiger partial charge in [0.25, 0.3) is 0 Å². The molecule has 5 nitrogen and oxygen atoms in total. The molecule has 1 aromatic heterocycles. The zero-order chi connectivity index (χ0) is 16.8. The lowest BCUT2D eigenvalue weighted by Gasteiger charge is -2.21. The number of benzene rings is 1. The molecule has 2 rings (SSSR count). The molecule has 0 radical (unpaired) electrons. The number of amides is 2. The molecule has 0 aliphatic heterocycles. The van der Waals surface area contributed by atoms with Gasteiger partial charge in [0.1, 0.15) is 11.6 Å². The maximum absolute atomic E-state index is 13.9. The van der Waals surface area contributed by atoms with Crippen LogP contribution < -0.4 is 10.6 Å². The highest BCUT2D eigenvalue weighted by Gasteiger charge is 2.18. The molecule has 124 valence electrons. The van der Waals surface area contributed by atoms with Crippen LogP contribution in [0.1, 0.15) is 6.92 Å². The Kier molecular flexibility index (Phi) is 6.06. The van der Waals surface area contributed by atoms with Crippen molar-refractivity contribution in [2.45, 2.75) is 18.2 Å². The van der Waals surface area contributed by atoms with Crippen molar-refractivity contribution >= 4 is 23.5 Å². The van der Waals surface area contributed by atoms with E-state index in [1.807, 2.05) is 6.26 Å². The zero-order valence-electron chi connectivity index (χ0n) is 12.9. The Hall–Kier alpha value is -1.99. The number of hydrogen-bond acceptors (Lipinski definition) is 4. The SMILES string of the molecule is CSC(CO)C(C)NC(=O)Nc1cc(-c2ccco2)ccc1F. The molecular formula is C16H19FN2O3S. The van der Waals surface area contributed by atoms with Crippen LogP contribution in [-0.2, 0) is 0 Å². The van der Waals surface area contributed by atoms with Crippen molar-refractivity contribution in [2.24, 2.45) is 0 Å². The third kappa shape index (κ3) is 4.49. The van der Waals surface area contributed by atoms with Crippen LogP contribution in [0.3, 0.4) is 0 Å². The summed E-state index contributed by atoms with van der Waals surface area (Å²) < 4.78 is 19.1. The monoisotopic (exact) mass is 338 g/mol. The Labute approximate surface area is 138 Å². The van der Waals surface area contributed by atoms with Gasteiger partial charge in [0.05, 0.1) is 18.6 Å². The molecule has 1 aromatic carbocycles. The smallest absolute Gasteiger partial charge is 0.319 e. The van der Waals surface area contributed by atoms with E-state index in [1.165, 1.54) is 30.2 Å². The van der Waals surface area contributed by atoms with Crippen LogP contribution in [-0.4, -0.2) is 35.3 Å². The largest absolute Gasteiger partial charge is 0.464 e. The molecule has 0 aliphatic rings. The van der Waals surface area contributed by atoms with Gasteiger partial charge in [0, 0.05) is 16.9 Å². The molecule has 0 spiro atoms. The number of carbonyl (C=O) groups is 1. The maximum Gasteiger partial charge on any atom is 0.319 e. The average molecular weight is 338 g/mol. The van der Waals surface area contributed by atoms with E-state index in [-0.39, 0.29) is 23.6 Å². The third-order valence-electron chi connectivity index (χ3n) is 3.42. The van der Waals surface area contributed by atoms with E-state index >= 15 is 0 Å². The summed E-state index contributed by atoms with van der Waals surface area (Å²) in [5.41, 5.74) is 0.727. The number of thioether (sulfide) groups is 1. The highest BCUT2D eigenvalue weighted by atomic mass is 32.2. The fraction of sp³-hybridized carbons (Fsp3) is 0.312. The number of furan rings is 1. The quantitative estimate of drug-likeness (QED) is 0.755. The van der Waals surface area contributed by atoms with Crippen LogP contribution in [0, 0.1) is 5.82 Å². The first-order valence-electron chi connectivity index (χ1n) is 7.09. The van der Waals surface area contributed by atoms with Gasteiger partial charge in [-0.15, -0.1) is 0 Å². The Morgan fingerprint density at radius 1 is 1.43 bits per heavy atom. The van der Waals surface area contributed by atoms with E-state index in [4.69, 9.17) is 4.42 Å². The highest BCUT2D eigenvalue weighted by Crippen LogP contribution is 2.25. The van der Waals surface area contributed by atoms with Crippen molar-refractivity contribution in [3.8, 4) is 11.3 Å². The second kappa shape index (κ2) is 8.03. The van der Waals surface area contributed by atoms with Crippen molar-refractivity contribution in [3.05, 3.63) is 42.4 Å². The lowest BCUT2D eigenvalue weighted by molar-refractivity contribution is 0.243. The number of carbonyl (C=O) groups excluding carboxylic acids is 1. The van der Waals surface area contributed by atoms with E-state index in [2.05, 4.69) is 10.6 Å². The van der Waals surface area contributed by atoms with Crippen LogP contribution in [0.5, 0.6) is 0 Å².